The lowest BCUT2D eigenvalue weighted by molar-refractivity contribution is -0.156. The molecule has 0 saturated heterocycles. The molecule has 0 bridgehead atoms. The predicted octanol–water partition coefficient (Wildman–Crippen LogP) is 2.72. The van der Waals surface area contributed by atoms with E-state index in [1.807, 2.05) is 6.92 Å². The maximum Gasteiger partial charge on any atom is 0.344 e. The minimum Gasteiger partial charge on any atom is -0.494 e. The summed E-state index contributed by atoms with van der Waals surface area (Å²) in [5.74, 6) is 0.934. The lowest BCUT2D eigenvalue weighted by Crippen LogP contribution is -2.33. The van der Waals surface area contributed by atoms with Gasteiger partial charge in [-0.25, -0.2) is 4.79 Å². The van der Waals surface area contributed by atoms with Gasteiger partial charge in [0.2, 0.25) is 0 Å². The van der Waals surface area contributed by atoms with E-state index in [1.165, 1.54) is 0 Å². The number of carbonyl (C=O) groups excluding carboxylic acids is 2. The van der Waals surface area contributed by atoms with Gasteiger partial charge < -0.3 is 24.1 Å². The summed E-state index contributed by atoms with van der Waals surface area (Å²) in [6.07, 6.45) is -0.624. The van der Waals surface area contributed by atoms with Crippen LogP contribution in [0.1, 0.15) is 26.0 Å². The fraction of sp³-hybridized carbons (Fsp3) is 0.389. The lowest BCUT2D eigenvalue weighted by atomic mass is 10.2. The lowest BCUT2D eigenvalue weighted by Gasteiger charge is -2.15. The fourth-order valence-corrected chi connectivity index (χ4v) is 2.09. The van der Waals surface area contributed by atoms with Crippen LogP contribution < -0.4 is 14.8 Å². The molecule has 1 amide bonds. The van der Waals surface area contributed by atoms with E-state index in [2.05, 4.69) is 10.5 Å². The Morgan fingerprint density at radius 1 is 1.15 bits per heavy atom. The van der Waals surface area contributed by atoms with Crippen molar-refractivity contribution >= 4 is 17.7 Å². The molecule has 1 heterocycles. The van der Waals surface area contributed by atoms with Gasteiger partial charge in [-0.05, 0) is 44.5 Å². The quantitative estimate of drug-likeness (QED) is 0.685. The number of carbonyl (C=O) groups is 2. The number of amides is 1. The van der Waals surface area contributed by atoms with Crippen molar-refractivity contribution in [3.05, 3.63) is 36.1 Å². The second kappa shape index (κ2) is 9.45. The van der Waals surface area contributed by atoms with Gasteiger partial charge >= 0.3 is 5.97 Å². The highest BCUT2D eigenvalue weighted by Crippen LogP contribution is 2.17. The average molecular weight is 362 g/mol. The van der Waals surface area contributed by atoms with Crippen LogP contribution in [0.2, 0.25) is 0 Å². The summed E-state index contributed by atoms with van der Waals surface area (Å²) in [7, 11) is 0. The Bertz CT molecular complexity index is 726. The monoisotopic (exact) mass is 362 g/mol. The zero-order chi connectivity index (χ0) is 18.9. The van der Waals surface area contributed by atoms with Crippen LogP contribution in [0.4, 0.5) is 5.82 Å². The molecular formula is C18H22N2O6. The third kappa shape index (κ3) is 5.80. The maximum absolute atomic E-state index is 12.1. The molecule has 1 atom stereocenters. The van der Waals surface area contributed by atoms with E-state index >= 15 is 0 Å². The van der Waals surface area contributed by atoms with Gasteiger partial charge in [0.15, 0.2) is 18.5 Å². The molecule has 2 aromatic rings. The second-order valence-electron chi connectivity index (χ2n) is 5.39. The fourth-order valence-electron chi connectivity index (χ4n) is 2.09. The van der Waals surface area contributed by atoms with Gasteiger partial charge in [-0.15, -0.1) is 0 Å². The van der Waals surface area contributed by atoms with Gasteiger partial charge in [0.25, 0.3) is 5.91 Å². The second-order valence-corrected chi connectivity index (χ2v) is 5.39. The van der Waals surface area contributed by atoms with Crippen molar-refractivity contribution in [1.82, 2.24) is 5.16 Å². The van der Waals surface area contributed by atoms with Crippen molar-refractivity contribution in [2.24, 2.45) is 0 Å². The van der Waals surface area contributed by atoms with Gasteiger partial charge in [0.1, 0.15) is 17.3 Å². The number of aromatic nitrogens is 1. The molecule has 1 aromatic carbocycles. The van der Waals surface area contributed by atoms with E-state index in [0.717, 1.165) is 0 Å². The normalized spacial score (nSPS) is 11.5. The van der Waals surface area contributed by atoms with E-state index in [0.29, 0.717) is 30.3 Å². The standard InChI is InChI=1S/C18H22N2O6/c1-4-15(18(22)19-16-10-12(3)26-20-16)25-17(21)11-24-14-8-6-13(7-9-14)23-5-2/h6-10,15H,4-5,11H2,1-3H3,(H,19,20,22). The van der Waals surface area contributed by atoms with Crippen molar-refractivity contribution < 1.29 is 28.3 Å². The number of nitrogens with one attached hydrogen (secondary N) is 1. The zero-order valence-electron chi connectivity index (χ0n) is 15.0. The molecule has 0 aliphatic rings. The summed E-state index contributed by atoms with van der Waals surface area (Å²) in [6, 6.07) is 8.44. The molecule has 1 aromatic heterocycles. The minimum atomic E-state index is -0.941. The summed E-state index contributed by atoms with van der Waals surface area (Å²) in [4.78, 5) is 24.1. The summed E-state index contributed by atoms with van der Waals surface area (Å²) < 4.78 is 20.7. The predicted molar refractivity (Wildman–Crippen MR) is 93.1 cm³/mol. The van der Waals surface area contributed by atoms with Crippen LogP contribution in [-0.2, 0) is 14.3 Å². The minimum absolute atomic E-state index is 0.271. The zero-order valence-corrected chi connectivity index (χ0v) is 15.0. The SMILES string of the molecule is CCOc1ccc(OCC(=O)OC(CC)C(=O)Nc2cc(C)on2)cc1. The molecule has 2 rings (SSSR count). The molecule has 26 heavy (non-hydrogen) atoms. The number of anilines is 1. The first kappa shape index (κ1) is 19.3. The number of esters is 1. The largest absolute Gasteiger partial charge is 0.494 e. The number of hydrogen-bond acceptors (Lipinski definition) is 7. The molecule has 0 spiro atoms. The van der Waals surface area contributed by atoms with Crippen molar-refractivity contribution in [2.45, 2.75) is 33.3 Å². The Balaban J connectivity index is 1.81. The average Bonchev–Trinajstić information content (AvgIpc) is 3.04. The van der Waals surface area contributed by atoms with E-state index in [1.54, 1.807) is 44.2 Å². The number of hydrogen-bond donors (Lipinski definition) is 1. The third-order valence-electron chi connectivity index (χ3n) is 3.31. The van der Waals surface area contributed by atoms with Gasteiger partial charge in [-0.1, -0.05) is 12.1 Å². The van der Waals surface area contributed by atoms with Crippen molar-refractivity contribution in [3.63, 3.8) is 0 Å². The molecule has 1 unspecified atom stereocenters. The molecule has 140 valence electrons. The first-order chi connectivity index (χ1) is 12.5. The molecule has 8 heteroatoms. The van der Waals surface area contributed by atoms with Crippen molar-refractivity contribution in [3.8, 4) is 11.5 Å². The van der Waals surface area contributed by atoms with Crippen molar-refractivity contribution in [2.75, 3.05) is 18.5 Å². The highest BCUT2D eigenvalue weighted by molar-refractivity contribution is 5.94. The van der Waals surface area contributed by atoms with Gasteiger partial charge in [0.05, 0.1) is 6.61 Å². The van der Waals surface area contributed by atoms with Crippen LogP contribution in [0, 0.1) is 6.92 Å². The van der Waals surface area contributed by atoms with Gasteiger partial charge in [0, 0.05) is 6.07 Å². The Morgan fingerprint density at radius 3 is 2.35 bits per heavy atom. The molecule has 0 saturated carbocycles. The molecule has 0 aliphatic carbocycles. The Hall–Kier alpha value is -3.03. The van der Waals surface area contributed by atoms with Crippen molar-refractivity contribution in [1.29, 1.82) is 0 Å². The highest BCUT2D eigenvalue weighted by atomic mass is 16.6. The summed E-state index contributed by atoms with van der Waals surface area (Å²) in [6.45, 7) is 5.60. The topological polar surface area (TPSA) is 99.9 Å². The van der Waals surface area contributed by atoms with Crippen LogP contribution in [0.15, 0.2) is 34.9 Å². The summed E-state index contributed by atoms with van der Waals surface area (Å²) >= 11 is 0. The number of benzene rings is 1. The van der Waals surface area contributed by atoms with E-state index < -0.39 is 18.0 Å². The van der Waals surface area contributed by atoms with Crippen LogP contribution in [-0.4, -0.2) is 36.4 Å². The van der Waals surface area contributed by atoms with Gasteiger partial charge in [-0.2, -0.15) is 0 Å². The molecule has 1 N–H and O–H groups in total. The molecule has 0 aliphatic heterocycles. The van der Waals surface area contributed by atoms with E-state index in [-0.39, 0.29) is 12.4 Å². The smallest absolute Gasteiger partial charge is 0.344 e. The molecule has 0 fully saturated rings. The molecule has 0 radical (unpaired) electrons. The Kier molecular flexibility index (Phi) is 7.02. The van der Waals surface area contributed by atoms with E-state index in [4.69, 9.17) is 18.7 Å². The van der Waals surface area contributed by atoms with Crippen LogP contribution in [0.25, 0.3) is 0 Å². The number of nitrogens with zero attached hydrogens (tertiary/aromatic N) is 1. The van der Waals surface area contributed by atoms with E-state index in [9.17, 15) is 9.59 Å². The molecule has 8 nitrogen and oxygen atoms in total. The number of ether oxygens (including phenoxy) is 3. The first-order valence-corrected chi connectivity index (χ1v) is 8.31. The first-order valence-electron chi connectivity index (χ1n) is 8.31. The number of rotatable bonds is 9. The van der Waals surface area contributed by atoms with Gasteiger partial charge in [-0.3, -0.25) is 4.79 Å². The Labute approximate surface area is 151 Å². The Morgan fingerprint density at radius 2 is 1.81 bits per heavy atom. The highest BCUT2D eigenvalue weighted by Gasteiger charge is 2.22. The summed E-state index contributed by atoms with van der Waals surface area (Å²) in [5.41, 5.74) is 0. The molecular weight excluding hydrogens is 340 g/mol. The van der Waals surface area contributed by atoms with Crippen LogP contribution >= 0.6 is 0 Å². The van der Waals surface area contributed by atoms with Crippen LogP contribution in [0.5, 0.6) is 11.5 Å². The summed E-state index contributed by atoms with van der Waals surface area (Å²) in [5, 5.41) is 6.20. The van der Waals surface area contributed by atoms with Crippen LogP contribution in [0.3, 0.4) is 0 Å². The number of aryl methyl sites for hydroxylation is 1. The maximum atomic E-state index is 12.1. The third-order valence-corrected chi connectivity index (χ3v) is 3.31.